The summed E-state index contributed by atoms with van der Waals surface area (Å²) in [5, 5.41) is 18.2. The molecule has 0 aliphatic rings. The van der Waals surface area contributed by atoms with Crippen LogP contribution in [0.4, 0.5) is 5.69 Å². The largest absolute Gasteiger partial charge is 0.321 e. The Morgan fingerprint density at radius 3 is 2.67 bits per heavy atom. The number of carbonyl (C=O) groups is 1. The molecule has 8 heteroatoms. The van der Waals surface area contributed by atoms with Crippen molar-refractivity contribution in [1.82, 2.24) is 24.8 Å². The zero-order valence-electron chi connectivity index (χ0n) is 16.0. The van der Waals surface area contributed by atoms with Crippen LogP contribution in [0.2, 0.25) is 0 Å². The normalized spacial score (nSPS) is 11.0. The predicted octanol–water partition coefficient (Wildman–Crippen LogP) is 4.48. The molecular weight excluding hydrogens is 396 g/mol. The van der Waals surface area contributed by atoms with Crippen molar-refractivity contribution in [2.45, 2.75) is 6.92 Å². The van der Waals surface area contributed by atoms with Crippen LogP contribution in [0.25, 0.3) is 27.5 Å². The van der Waals surface area contributed by atoms with E-state index in [4.69, 9.17) is 0 Å². The summed E-state index contributed by atoms with van der Waals surface area (Å²) in [6, 6.07) is 21.1. The molecule has 0 radical (unpaired) electrons. The van der Waals surface area contributed by atoms with Gasteiger partial charge >= 0.3 is 0 Å². The lowest BCUT2D eigenvalue weighted by Gasteiger charge is -2.07. The van der Waals surface area contributed by atoms with E-state index in [0.717, 1.165) is 21.8 Å². The van der Waals surface area contributed by atoms with Crippen LogP contribution in [0.5, 0.6) is 0 Å². The maximum absolute atomic E-state index is 12.7. The van der Waals surface area contributed by atoms with Crippen LogP contribution in [-0.4, -0.2) is 30.7 Å². The topological polar surface area (TPSA) is 85.1 Å². The number of thiazole rings is 1. The Bertz CT molecular complexity index is 1360. The number of nitrogens with one attached hydrogen (secondary N) is 1. The first-order chi connectivity index (χ1) is 14.7. The number of aromatic nitrogens is 5. The minimum absolute atomic E-state index is 0.247. The van der Waals surface area contributed by atoms with E-state index in [9.17, 15) is 4.79 Å². The minimum atomic E-state index is -0.247. The molecule has 1 amide bonds. The fraction of sp³-hybridized carbons (Fsp3) is 0.0455. The number of anilines is 1. The highest BCUT2D eigenvalue weighted by atomic mass is 32.1. The van der Waals surface area contributed by atoms with Crippen LogP contribution in [0.15, 0.2) is 72.1 Å². The van der Waals surface area contributed by atoms with Crippen molar-refractivity contribution in [1.29, 1.82) is 0 Å². The molecule has 0 spiro atoms. The van der Waals surface area contributed by atoms with E-state index in [1.807, 2.05) is 73.7 Å². The molecule has 0 saturated carbocycles. The van der Waals surface area contributed by atoms with Gasteiger partial charge in [0.25, 0.3) is 5.91 Å². The molecule has 0 bridgehead atoms. The lowest BCUT2D eigenvalue weighted by atomic mass is 10.1. The number of nitrogens with zero attached hydrogens (tertiary/aromatic N) is 5. The van der Waals surface area contributed by atoms with Crippen molar-refractivity contribution in [3.63, 3.8) is 0 Å². The van der Waals surface area contributed by atoms with E-state index in [1.54, 1.807) is 9.90 Å². The smallest absolute Gasteiger partial charge is 0.275 e. The monoisotopic (exact) mass is 412 g/mol. The molecule has 3 aromatic heterocycles. The van der Waals surface area contributed by atoms with Crippen molar-refractivity contribution < 1.29 is 4.79 Å². The predicted molar refractivity (Wildman–Crippen MR) is 116 cm³/mol. The van der Waals surface area contributed by atoms with Gasteiger partial charge in [-0.1, -0.05) is 42.5 Å². The summed E-state index contributed by atoms with van der Waals surface area (Å²) in [4.78, 5) is 17.2. The minimum Gasteiger partial charge on any atom is -0.321 e. The van der Waals surface area contributed by atoms with Gasteiger partial charge in [-0.3, -0.25) is 4.79 Å². The first-order valence-corrected chi connectivity index (χ1v) is 10.2. The van der Waals surface area contributed by atoms with Gasteiger partial charge in [0, 0.05) is 22.2 Å². The van der Waals surface area contributed by atoms with Crippen LogP contribution in [0, 0.1) is 6.92 Å². The zero-order chi connectivity index (χ0) is 20.5. The molecule has 0 unspecified atom stereocenters. The maximum Gasteiger partial charge on any atom is 0.275 e. The van der Waals surface area contributed by atoms with Crippen LogP contribution in [0.3, 0.4) is 0 Å². The number of hydrogen-bond donors (Lipinski definition) is 1. The number of aryl methyl sites for hydroxylation is 1. The summed E-state index contributed by atoms with van der Waals surface area (Å²) in [5.74, 6) is 0.470. The number of hydrogen-bond acceptors (Lipinski definition) is 6. The average molecular weight is 412 g/mol. The van der Waals surface area contributed by atoms with Gasteiger partial charge in [-0.15, -0.1) is 21.5 Å². The number of amides is 1. The highest BCUT2D eigenvalue weighted by Crippen LogP contribution is 2.25. The first-order valence-electron chi connectivity index (χ1n) is 9.29. The van der Waals surface area contributed by atoms with Gasteiger partial charge in [0.1, 0.15) is 10.7 Å². The van der Waals surface area contributed by atoms with Crippen LogP contribution in [0.1, 0.15) is 16.3 Å². The summed E-state index contributed by atoms with van der Waals surface area (Å²) in [7, 11) is 0. The Balaban J connectivity index is 1.38. The Morgan fingerprint density at radius 2 is 1.80 bits per heavy atom. The quantitative estimate of drug-likeness (QED) is 0.471. The van der Waals surface area contributed by atoms with Gasteiger partial charge in [-0.25, -0.2) is 4.98 Å². The highest BCUT2D eigenvalue weighted by Gasteiger charge is 2.13. The number of fused-ring (bicyclic) bond motifs is 1. The van der Waals surface area contributed by atoms with Gasteiger partial charge in [0.05, 0.1) is 5.69 Å². The second kappa shape index (κ2) is 7.49. The van der Waals surface area contributed by atoms with Gasteiger partial charge in [0.2, 0.25) is 0 Å². The van der Waals surface area contributed by atoms with E-state index < -0.39 is 0 Å². The van der Waals surface area contributed by atoms with Gasteiger partial charge in [-0.05, 0) is 31.2 Å². The summed E-state index contributed by atoms with van der Waals surface area (Å²) in [6.07, 6.45) is 0. The number of rotatable bonds is 4. The fourth-order valence-corrected chi connectivity index (χ4v) is 3.90. The Morgan fingerprint density at radius 1 is 0.967 bits per heavy atom. The summed E-state index contributed by atoms with van der Waals surface area (Å²) in [6.45, 7) is 1.85. The highest BCUT2D eigenvalue weighted by molar-refractivity contribution is 7.13. The van der Waals surface area contributed by atoms with Crippen LogP contribution in [-0.2, 0) is 0 Å². The summed E-state index contributed by atoms with van der Waals surface area (Å²) >= 11 is 1.45. The molecule has 0 saturated heterocycles. The lowest BCUT2D eigenvalue weighted by molar-refractivity contribution is 0.102. The Hall–Kier alpha value is -3.91. The molecule has 5 rings (SSSR count). The maximum atomic E-state index is 12.7. The van der Waals surface area contributed by atoms with Gasteiger partial charge in [0.15, 0.2) is 11.5 Å². The molecule has 0 aliphatic carbocycles. The molecule has 3 heterocycles. The van der Waals surface area contributed by atoms with E-state index in [0.29, 0.717) is 22.9 Å². The molecule has 0 aliphatic heterocycles. The molecule has 7 nitrogen and oxygen atoms in total. The van der Waals surface area contributed by atoms with Crippen molar-refractivity contribution in [2.75, 3.05) is 5.32 Å². The molecule has 30 heavy (non-hydrogen) atoms. The molecule has 2 aromatic carbocycles. The van der Waals surface area contributed by atoms with Crippen molar-refractivity contribution in [3.8, 4) is 21.8 Å². The molecule has 0 atom stereocenters. The second-order valence-corrected chi connectivity index (χ2v) is 7.53. The fourth-order valence-electron chi connectivity index (χ4n) is 3.09. The Kier molecular flexibility index (Phi) is 4.53. The number of benzene rings is 2. The van der Waals surface area contributed by atoms with Crippen molar-refractivity contribution in [3.05, 3.63) is 83.6 Å². The summed E-state index contributed by atoms with van der Waals surface area (Å²) < 4.78 is 1.70. The molecule has 146 valence electrons. The third kappa shape index (κ3) is 3.44. The lowest BCUT2D eigenvalue weighted by Crippen LogP contribution is -2.12. The SMILES string of the molecule is Cc1nnc2ccc(-c3cccc(NC(=O)c4csc(-c5ccccc5)n4)c3)nn12. The van der Waals surface area contributed by atoms with Crippen LogP contribution >= 0.6 is 11.3 Å². The first kappa shape index (κ1) is 18.1. The van der Waals surface area contributed by atoms with E-state index in [1.165, 1.54) is 11.3 Å². The van der Waals surface area contributed by atoms with E-state index in [-0.39, 0.29) is 5.91 Å². The third-order valence-corrected chi connectivity index (χ3v) is 5.48. The van der Waals surface area contributed by atoms with Gasteiger partial charge in [-0.2, -0.15) is 9.61 Å². The van der Waals surface area contributed by atoms with E-state index >= 15 is 0 Å². The van der Waals surface area contributed by atoms with Crippen molar-refractivity contribution >= 4 is 28.6 Å². The average Bonchev–Trinajstić information content (AvgIpc) is 3.42. The zero-order valence-corrected chi connectivity index (χ0v) is 16.8. The summed E-state index contributed by atoms with van der Waals surface area (Å²) in [5.41, 5.74) is 4.40. The standard InChI is InChI=1S/C22H16N6OS/c1-14-25-26-20-11-10-18(27-28(14)20)16-8-5-9-17(12-16)23-21(29)19-13-30-22(24-19)15-6-3-2-4-7-15/h2-13H,1H3,(H,23,29). The van der Waals surface area contributed by atoms with Crippen LogP contribution < -0.4 is 5.32 Å². The van der Waals surface area contributed by atoms with Crippen molar-refractivity contribution in [2.24, 2.45) is 0 Å². The second-order valence-electron chi connectivity index (χ2n) is 6.67. The molecule has 1 N–H and O–H groups in total. The molecule has 5 aromatic rings. The van der Waals surface area contributed by atoms with E-state index in [2.05, 4.69) is 25.6 Å². The molecular formula is C22H16N6OS. The molecule has 0 fully saturated rings. The number of carbonyl (C=O) groups excluding carboxylic acids is 1. The van der Waals surface area contributed by atoms with Gasteiger partial charge < -0.3 is 5.32 Å². The third-order valence-electron chi connectivity index (χ3n) is 4.59. The Labute approximate surface area is 176 Å².